The molecular weight excluding hydrogens is 434 g/mol. The molecule has 0 bridgehead atoms. The van der Waals surface area contributed by atoms with E-state index in [0.717, 1.165) is 22.2 Å². The highest BCUT2D eigenvalue weighted by atomic mass is 32.2. The summed E-state index contributed by atoms with van der Waals surface area (Å²) in [7, 11) is -3.95. The Labute approximate surface area is 192 Å². The second kappa shape index (κ2) is 7.67. The minimum Gasteiger partial charge on any atom is -0.340 e. The van der Waals surface area contributed by atoms with Gasteiger partial charge < -0.3 is 5.32 Å². The summed E-state index contributed by atoms with van der Waals surface area (Å²) in [6.45, 7) is 7.56. The standard InChI is InChI=1S/C25H23N5O2S/c1-15-9-11-19(12-10-15)26-23-20-7-5-6-8-21(20)30-24(27-23)25(28-29-30)33(31,32)22-17(3)13-16(2)14-18(22)4/h5-14H,1-4H3,(H,26,27). The predicted molar refractivity (Wildman–Crippen MR) is 129 cm³/mol. The van der Waals surface area contributed by atoms with Crippen molar-refractivity contribution in [3.8, 4) is 0 Å². The Morgan fingerprint density at radius 3 is 2.21 bits per heavy atom. The number of para-hydroxylation sites is 1. The van der Waals surface area contributed by atoms with Gasteiger partial charge in [0.15, 0.2) is 5.65 Å². The number of hydrogen-bond donors (Lipinski definition) is 1. The third kappa shape index (κ3) is 3.52. The van der Waals surface area contributed by atoms with E-state index in [1.165, 1.54) is 4.52 Å². The van der Waals surface area contributed by atoms with Crippen molar-refractivity contribution in [2.24, 2.45) is 0 Å². The first kappa shape index (κ1) is 21.1. The minimum atomic E-state index is -3.95. The maximum Gasteiger partial charge on any atom is 0.230 e. The summed E-state index contributed by atoms with van der Waals surface area (Å²) in [6.07, 6.45) is 0. The lowest BCUT2D eigenvalue weighted by atomic mass is 10.1. The number of aromatic nitrogens is 4. The molecule has 3 aromatic carbocycles. The van der Waals surface area contributed by atoms with Crippen LogP contribution in [0.2, 0.25) is 0 Å². The lowest BCUT2D eigenvalue weighted by Crippen LogP contribution is -2.09. The zero-order valence-corrected chi connectivity index (χ0v) is 19.6. The van der Waals surface area contributed by atoms with Crippen molar-refractivity contribution in [1.82, 2.24) is 19.8 Å². The molecule has 0 atom stereocenters. The normalized spacial score (nSPS) is 11.9. The number of fused-ring (bicyclic) bond motifs is 3. The monoisotopic (exact) mass is 457 g/mol. The highest BCUT2D eigenvalue weighted by Crippen LogP contribution is 2.32. The van der Waals surface area contributed by atoms with Crippen LogP contribution in [-0.4, -0.2) is 28.2 Å². The Morgan fingerprint density at radius 2 is 1.52 bits per heavy atom. The SMILES string of the molecule is Cc1ccc(Nc2nc3c(S(=O)(=O)c4c(C)cc(C)cc4C)nnn3c3ccccc23)cc1. The first-order chi connectivity index (χ1) is 15.8. The number of rotatable bonds is 4. The molecule has 5 rings (SSSR count). The van der Waals surface area contributed by atoms with Gasteiger partial charge in [0, 0.05) is 11.1 Å². The first-order valence-electron chi connectivity index (χ1n) is 10.6. The van der Waals surface area contributed by atoms with Gasteiger partial charge in [-0.25, -0.2) is 13.4 Å². The van der Waals surface area contributed by atoms with E-state index in [-0.39, 0.29) is 15.6 Å². The molecule has 0 aliphatic rings. The summed E-state index contributed by atoms with van der Waals surface area (Å²) in [5.74, 6) is 0.540. The van der Waals surface area contributed by atoms with Gasteiger partial charge in [-0.05, 0) is 63.1 Å². The zero-order valence-electron chi connectivity index (χ0n) is 18.8. The third-order valence-electron chi connectivity index (χ3n) is 5.66. The molecule has 0 radical (unpaired) electrons. The van der Waals surface area contributed by atoms with Crippen LogP contribution in [0.15, 0.2) is 70.6 Å². The maximum atomic E-state index is 13.7. The van der Waals surface area contributed by atoms with Crippen LogP contribution in [0.5, 0.6) is 0 Å². The van der Waals surface area contributed by atoms with Crippen molar-refractivity contribution in [2.45, 2.75) is 37.6 Å². The summed E-state index contributed by atoms with van der Waals surface area (Å²) < 4.78 is 28.9. The summed E-state index contributed by atoms with van der Waals surface area (Å²) in [6, 6.07) is 19.2. The van der Waals surface area contributed by atoms with Crippen LogP contribution in [0, 0.1) is 27.7 Å². The summed E-state index contributed by atoms with van der Waals surface area (Å²) >= 11 is 0. The Balaban J connectivity index is 1.76. The maximum absolute atomic E-state index is 13.7. The fourth-order valence-electron chi connectivity index (χ4n) is 4.28. The van der Waals surface area contributed by atoms with Crippen molar-refractivity contribution in [3.05, 3.63) is 82.9 Å². The largest absolute Gasteiger partial charge is 0.340 e. The van der Waals surface area contributed by atoms with Gasteiger partial charge in [0.1, 0.15) is 5.82 Å². The molecule has 33 heavy (non-hydrogen) atoms. The van der Waals surface area contributed by atoms with Crippen LogP contribution in [0.25, 0.3) is 16.6 Å². The molecule has 0 amide bonds. The van der Waals surface area contributed by atoms with Gasteiger partial charge in [-0.1, -0.05) is 52.7 Å². The molecule has 0 unspecified atom stereocenters. The Bertz CT molecular complexity index is 1610. The molecule has 0 spiro atoms. The van der Waals surface area contributed by atoms with Gasteiger partial charge in [0.25, 0.3) is 0 Å². The number of nitrogens with one attached hydrogen (secondary N) is 1. The Hall–Kier alpha value is -3.78. The van der Waals surface area contributed by atoms with Crippen molar-refractivity contribution in [3.63, 3.8) is 0 Å². The highest BCUT2D eigenvalue weighted by Gasteiger charge is 2.30. The van der Waals surface area contributed by atoms with E-state index >= 15 is 0 Å². The van der Waals surface area contributed by atoms with Crippen LogP contribution < -0.4 is 5.32 Å². The molecule has 0 aliphatic heterocycles. The quantitative estimate of drug-likeness (QED) is 0.404. The van der Waals surface area contributed by atoms with Crippen molar-refractivity contribution < 1.29 is 8.42 Å². The zero-order chi connectivity index (χ0) is 23.3. The molecule has 0 aliphatic carbocycles. The van der Waals surface area contributed by atoms with Crippen molar-refractivity contribution >= 4 is 37.9 Å². The van der Waals surface area contributed by atoms with Gasteiger partial charge in [-0.15, -0.1) is 5.10 Å². The number of anilines is 2. The first-order valence-corrected chi connectivity index (χ1v) is 12.0. The molecular formula is C25H23N5O2S. The van der Waals surface area contributed by atoms with Crippen molar-refractivity contribution in [1.29, 1.82) is 0 Å². The van der Waals surface area contributed by atoms with E-state index in [1.807, 2.05) is 74.5 Å². The number of sulfone groups is 1. The predicted octanol–water partition coefficient (Wildman–Crippen LogP) is 5.09. The number of hydrogen-bond acceptors (Lipinski definition) is 6. The fraction of sp³-hybridized carbons (Fsp3) is 0.160. The lowest BCUT2D eigenvalue weighted by molar-refractivity contribution is 0.591. The second-order valence-electron chi connectivity index (χ2n) is 8.33. The molecule has 0 saturated heterocycles. The summed E-state index contributed by atoms with van der Waals surface area (Å²) in [4.78, 5) is 4.95. The van der Waals surface area contributed by atoms with Crippen LogP contribution in [0.1, 0.15) is 22.3 Å². The van der Waals surface area contributed by atoms with Gasteiger partial charge in [0.2, 0.25) is 14.9 Å². The summed E-state index contributed by atoms with van der Waals surface area (Å²) in [5, 5.41) is 12.2. The van der Waals surface area contributed by atoms with E-state index in [1.54, 1.807) is 13.8 Å². The topological polar surface area (TPSA) is 89.2 Å². The fourth-order valence-corrected chi connectivity index (χ4v) is 5.95. The van der Waals surface area contributed by atoms with E-state index < -0.39 is 9.84 Å². The molecule has 1 N–H and O–H groups in total. The van der Waals surface area contributed by atoms with Crippen LogP contribution >= 0.6 is 0 Å². The molecule has 2 aromatic heterocycles. The minimum absolute atomic E-state index is 0.157. The van der Waals surface area contributed by atoms with Gasteiger partial charge >= 0.3 is 0 Å². The van der Waals surface area contributed by atoms with Gasteiger partial charge in [-0.3, -0.25) is 0 Å². The Morgan fingerprint density at radius 1 is 0.848 bits per heavy atom. The van der Waals surface area contributed by atoms with Crippen molar-refractivity contribution in [2.75, 3.05) is 5.32 Å². The van der Waals surface area contributed by atoms with E-state index in [2.05, 4.69) is 15.6 Å². The average Bonchev–Trinajstić information content (AvgIpc) is 3.19. The Kier molecular flexibility index (Phi) is 4.90. The molecule has 0 saturated carbocycles. The van der Waals surface area contributed by atoms with Gasteiger partial charge in [0.05, 0.1) is 10.4 Å². The van der Waals surface area contributed by atoms with Gasteiger partial charge in [-0.2, -0.15) is 4.52 Å². The molecule has 8 heteroatoms. The smallest absolute Gasteiger partial charge is 0.230 e. The van der Waals surface area contributed by atoms with E-state index in [9.17, 15) is 8.42 Å². The van der Waals surface area contributed by atoms with Crippen LogP contribution in [-0.2, 0) is 9.84 Å². The van der Waals surface area contributed by atoms with Crippen LogP contribution in [0.3, 0.4) is 0 Å². The second-order valence-corrected chi connectivity index (χ2v) is 10.1. The highest BCUT2D eigenvalue weighted by molar-refractivity contribution is 7.91. The molecule has 5 aromatic rings. The van der Waals surface area contributed by atoms with E-state index in [4.69, 9.17) is 4.98 Å². The molecule has 7 nitrogen and oxygen atoms in total. The number of nitrogens with zero attached hydrogens (tertiary/aromatic N) is 4. The molecule has 166 valence electrons. The lowest BCUT2D eigenvalue weighted by Gasteiger charge is -2.12. The molecule has 2 heterocycles. The third-order valence-corrected chi connectivity index (χ3v) is 7.62. The van der Waals surface area contributed by atoms with E-state index in [0.29, 0.717) is 22.5 Å². The average molecular weight is 458 g/mol. The molecule has 0 fully saturated rings. The number of benzene rings is 3. The number of aryl methyl sites for hydroxylation is 4. The van der Waals surface area contributed by atoms with Crippen LogP contribution in [0.4, 0.5) is 11.5 Å². The summed E-state index contributed by atoms with van der Waals surface area (Å²) in [5.41, 5.74) is 5.24.